The molecule has 0 rings (SSSR count). The Labute approximate surface area is 142 Å². The minimum atomic E-state index is -0.683. The number of carbonyl (C=O) groups excluding carboxylic acids is 1. The molecule has 1 unspecified atom stereocenters. The average Bonchev–Trinajstić information content (AvgIpc) is 2.57. The third-order valence-electron chi connectivity index (χ3n) is 3.68. The largest absolute Gasteiger partial charge is 0.394 e. The van der Waals surface area contributed by atoms with Gasteiger partial charge in [-0.1, -0.05) is 62.6 Å². The Morgan fingerprint density at radius 3 is 2.13 bits per heavy atom. The maximum absolute atomic E-state index is 11.4. The van der Waals surface area contributed by atoms with Crippen LogP contribution in [0.2, 0.25) is 0 Å². The van der Waals surface area contributed by atoms with Crippen molar-refractivity contribution in [3.63, 3.8) is 0 Å². The van der Waals surface area contributed by atoms with E-state index in [0.29, 0.717) is 6.42 Å². The lowest BCUT2D eigenvalue weighted by Crippen LogP contribution is -2.33. The highest BCUT2D eigenvalue weighted by Crippen LogP contribution is 2.08. The van der Waals surface area contributed by atoms with Crippen LogP contribution in [-0.2, 0) is 4.79 Å². The van der Waals surface area contributed by atoms with Crippen molar-refractivity contribution in [1.29, 1.82) is 0 Å². The number of aliphatic hydroxyl groups excluding tert-OH is 1. The van der Waals surface area contributed by atoms with E-state index in [9.17, 15) is 4.79 Å². The first kappa shape index (κ1) is 21.8. The van der Waals surface area contributed by atoms with Crippen LogP contribution in [0.25, 0.3) is 0 Å². The van der Waals surface area contributed by atoms with Crippen LogP contribution in [0.3, 0.4) is 0 Å². The van der Waals surface area contributed by atoms with Crippen LogP contribution in [-0.4, -0.2) is 23.5 Å². The zero-order chi connectivity index (χ0) is 17.2. The smallest absolute Gasteiger partial charge is 0.151 e. The Balaban J connectivity index is 3.34. The summed E-state index contributed by atoms with van der Waals surface area (Å²) < 4.78 is 0. The van der Waals surface area contributed by atoms with E-state index in [1.165, 1.54) is 19.3 Å². The number of unbranched alkanes of at least 4 members (excludes halogenated alkanes) is 5. The van der Waals surface area contributed by atoms with Crippen molar-refractivity contribution >= 4 is 5.78 Å². The lowest BCUT2D eigenvalue weighted by atomic mass is 10.0. The monoisotopic (exact) mass is 321 g/mol. The second-order valence-electron chi connectivity index (χ2n) is 5.86. The van der Waals surface area contributed by atoms with Gasteiger partial charge in [0.15, 0.2) is 5.78 Å². The molecule has 0 aliphatic heterocycles. The maximum Gasteiger partial charge on any atom is 0.151 e. The molecule has 3 heteroatoms. The molecule has 1 atom stereocenters. The number of rotatable bonds is 15. The maximum atomic E-state index is 11.4. The van der Waals surface area contributed by atoms with Crippen LogP contribution in [0, 0.1) is 0 Å². The Hall–Kier alpha value is -1.19. The van der Waals surface area contributed by atoms with Crippen molar-refractivity contribution in [2.24, 2.45) is 5.73 Å². The van der Waals surface area contributed by atoms with Crippen molar-refractivity contribution in [2.45, 2.75) is 77.2 Å². The number of allylic oxidation sites excluding steroid dienone is 6. The molecule has 132 valence electrons. The molecule has 0 bridgehead atoms. The molecule has 0 fully saturated rings. The summed E-state index contributed by atoms with van der Waals surface area (Å²) in [7, 11) is 0. The molecule has 0 radical (unpaired) electrons. The molecular weight excluding hydrogens is 286 g/mol. The SMILES string of the molecule is CCC=CCC=CCC=CCCCCCCCC(=O)C(N)CO. The topological polar surface area (TPSA) is 63.3 Å². The molecule has 0 aromatic heterocycles. The van der Waals surface area contributed by atoms with Crippen molar-refractivity contribution in [3.05, 3.63) is 36.5 Å². The van der Waals surface area contributed by atoms with Gasteiger partial charge in [-0.3, -0.25) is 4.79 Å². The molecule has 3 N–H and O–H groups in total. The van der Waals surface area contributed by atoms with E-state index >= 15 is 0 Å². The molecule has 0 saturated carbocycles. The predicted molar refractivity (Wildman–Crippen MR) is 99.3 cm³/mol. The third kappa shape index (κ3) is 15.5. The fourth-order valence-corrected chi connectivity index (χ4v) is 2.21. The van der Waals surface area contributed by atoms with Crippen LogP contribution >= 0.6 is 0 Å². The number of aliphatic hydroxyl groups is 1. The molecule has 0 amide bonds. The molecule has 0 aliphatic rings. The molecule has 3 nitrogen and oxygen atoms in total. The van der Waals surface area contributed by atoms with E-state index in [1.54, 1.807) is 0 Å². The summed E-state index contributed by atoms with van der Waals surface area (Å²) in [5, 5.41) is 8.77. The molecule has 0 aromatic carbocycles. The minimum absolute atomic E-state index is 0.0197. The molecular formula is C20H35NO2. The summed E-state index contributed by atoms with van der Waals surface area (Å²) in [5.41, 5.74) is 5.46. The Kier molecular flexibility index (Phi) is 16.3. The van der Waals surface area contributed by atoms with Gasteiger partial charge in [-0.15, -0.1) is 0 Å². The Morgan fingerprint density at radius 2 is 1.48 bits per heavy atom. The van der Waals surface area contributed by atoms with Gasteiger partial charge in [-0.2, -0.15) is 0 Å². The fourth-order valence-electron chi connectivity index (χ4n) is 2.21. The van der Waals surface area contributed by atoms with Gasteiger partial charge in [-0.25, -0.2) is 0 Å². The number of hydrogen-bond donors (Lipinski definition) is 2. The lowest BCUT2D eigenvalue weighted by molar-refractivity contribution is -0.121. The van der Waals surface area contributed by atoms with E-state index in [2.05, 4.69) is 43.4 Å². The van der Waals surface area contributed by atoms with E-state index in [-0.39, 0.29) is 12.4 Å². The standard InChI is InChI=1S/C20H35NO2/c1-2-3-4-5-6-7-8-9-10-11-12-13-14-15-16-17-20(23)19(21)18-22/h3-4,6-7,9-10,19,22H,2,5,8,11-18,21H2,1H3. The van der Waals surface area contributed by atoms with Crippen molar-refractivity contribution < 1.29 is 9.90 Å². The van der Waals surface area contributed by atoms with Crippen LogP contribution in [0.15, 0.2) is 36.5 Å². The molecule has 0 saturated heterocycles. The quantitative estimate of drug-likeness (QED) is 0.345. The van der Waals surface area contributed by atoms with Gasteiger partial charge in [0.1, 0.15) is 0 Å². The number of ketones is 1. The van der Waals surface area contributed by atoms with E-state index in [1.807, 2.05) is 0 Å². The lowest BCUT2D eigenvalue weighted by Gasteiger charge is -2.06. The highest BCUT2D eigenvalue weighted by Gasteiger charge is 2.10. The van der Waals surface area contributed by atoms with Gasteiger partial charge in [0.2, 0.25) is 0 Å². The first-order valence-electron chi connectivity index (χ1n) is 9.06. The first-order chi connectivity index (χ1) is 11.2. The Morgan fingerprint density at radius 1 is 0.913 bits per heavy atom. The van der Waals surface area contributed by atoms with E-state index < -0.39 is 6.04 Å². The zero-order valence-corrected chi connectivity index (χ0v) is 14.8. The van der Waals surface area contributed by atoms with Crippen LogP contribution in [0.4, 0.5) is 0 Å². The predicted octanol–water partition coefficient (Wildman–Crippen LogP) is 4.46. The third-order valence-corrected chi connectivity index (χ3v) is 3.68. The molecule has 0 heterocycles. The van der Waals surface area contributed by atoms with E-state index in [0.717, 1.165) is 38.5 Å². The normalized spacial score (nSPS) is 13.5. The molecule has 0 aromatic rings. The second kappa shape index (κ2) is 17.2. The van der Waals surface area contributed by atoms with Crippen LogP contribution in [0.5, 0.6) is 0 Å². The van der Waals surface area contributed by atoms with Gasteiger partial charge in [0.05, 0.1) is 12.6 Å². The molecule has 0 aliphatic carbocycles. The summed E-state index contributed by atoms with van der Waals surface area (Å²) in [4.78, 5) is 11.4. The van der Waals surface area contributed by atoms with Crippen molar-refractivity contribution in [1.82, 2.24) is 0 Å². The zero-order valence-electron chi connectivity index (χ0n) is 14.8. The van der Waals surface area contributed by atoms with E-state index in [4.69, 9.17) is 10.8 Å². The number of nitrogens with two attached hydrogens (primary N) is 1. The highest BCUT2D eigenvalue weighted by molar-refractivity contribution is 5.83. The first-order valence-corrected chi connectivity index (χ1v) is 9.06. The number of carbonyl (C=O) groups is 1. The van der Waals surface area contributed by atoms with Gasteiger partial charge in [0.25, 0.3) is 0 Å². The average molecular weight is 322 g/mol. The van der Waals surface area contributed by atoms with Crippen LogP contribution < -0.4 is 5.73 Å². The summed E-state index contributed by atoms with van der Waals surface area (Å²) in [6.07, 6.45) is 23.7. The number of Topliss-reactive ketones (excluding diaryl/α,β-unsaturated/α-hetero) is 1. The van der Waals surface area contributed by atoms with Crippen molar-refractivity contribution in [2.75, 3.05) is 6.61 Å². The fraction of sp³-hybridized carbons (Fsp3) is 0.650. The summed E-state index contributed by atoms with van der Waals surface area (Å²) in [5.74, 6) is -0.0197. The molecule has 0 spiro atoms. The van der Waals surface area contributed by atoms with Crippen LogP contribution in [0.1, 0.15) is 71.1 Å². The van der Waals surface area contributed by atoms with Gasteiger partial charge >= 0.3 is 0 Å². The summed E-state index contributed by atoms with van der Waals surface area (Å²) >= 11 is 0. The molecule has 23 heavy (non-hydrogen) atoms. The highest BCUT2D eigenvalue weighted by atomic mass is 16.3. The Bertz CT molecular complexity index is 359. The minimum Gasteiger partial charge on any atom is -0.394 e. The van der Waals surface area contributed by atoms with Crippen molar-refractivity contribution in [3.8, 4) is 0 Å². The summed E-state index contributed by atoms with van der Waals surface area (Å²) in [6, 6.07) is -0.683. The van der Waals surface area contributed by atoms with Gasteiger partial charge in [-0.05, 0) is 38.5 Å². The second-order valence-corrected chi connectivity index (χ2v) is 5.86. The number of hydrogen-bond acceptors (Lipinski definition) is 3. The summed E-state index contributed by atoms with van der Waals surface area (Å²) in [6.45, 7) is 1.91. The van der Waals surface area contributed by atoms with Gasteiger partial charge < -0.3 is 10.8 Å². The van der Waals surface area contributed by atoms with Gasteiger partial charge in [0, 0.05) is 6.42 Å².